The largest absolute Gasteiger partial charge is 0.481 e. The number of pyridine rings is 1. The highest BCUT2D eigenvalue weighted by Gasteiger charge is 2.41. The zero-order valence-corrected chi connectivity index (χ0v) is 17.8. The van der Waals surface area contributed by atoms with Gasteiger partial charge in [0.1, 0.15) is 16.5 Å². The van der Waals surface area contributed by atoms with E-state index in [1.165, 1.54) is 12.3 Å². The van der Waals surface area contributed by atoms with Crippen molar-refractivity contribution in [2.75, 3.05) is 0 Å². The highest BCUT2D eigenvalue weighted by atomic mass is 35.5. The standard InChI is InChI=1S/C21H13ClF6N4O2/c1-3-14-12(5-7-17-29-9-16(22)32(14)17)18-30-19(34-31-18)11-4-6-15(13(8-11)21(26,27)28)33-10(2)20(23,24)25/h3-10H,1H2,2H3. The molecule has 1 aromatic carbocycles. The summed E-state index contributed by atoms with van der Waals surface area (Å²) in [5.41, 5.74) is -0.189. The van der Waals surface area contributed by atoms with Crippen LogP contribution in [0.2, 0.25) is 5.15 Å². The number of halogens is 7. The van der Waals surface area contributed by atoms with Crippen molar-refractivity contribution in [3.63, 3.8) is 0 Å². The fourth-order valence-electron chi connectivity index (χ4n) is 3.15. The zero-order chi connectivity index (χ0) is 24.8. The Labute approximate surface area is 192 Å². The number of imidazole rings is 1. The van der Waals surface area contributed by atoms with Gasteiger partial charge in [-0.15, -0.1) is 0 Å². The third-order valence-corrected chi connectivity index (χ3v) is 5.09. The molecule has 0 spiro atoms. The van der Waals surface area contributed by atoms with Gasteiger partial charge in [-0.25, -0.2) is 4.98 Å². The fraction of sp³-hybridized carbons (Fsp3) is 0.190. The number of fused-ring (bicyclic) bond motifs is 1. The van der Waals surface area contributed by atoms with E-state index >= 15 is 0 Å². The van der Waals surface area contributed by atoms with Gasteiger partial charge in [0.05, 0.1) is 17.5 Å². The molecule has 0 aliphatic heterocycles. The minimum Gasteiger partial charge on any atom is -0.481 e. The molecule has 34 heavy (non-hydrogen) atoms. The summed E-state index contributed by atoms with van der Waals surface area (Å²) in [6.07, 6.45) is -9.39. The number of aromatic nitrogens is 4. The van der Waals surface area contributed by atoms with E-state index in [2.05, 4.69) is 26.4 Å². The summed E-state index contributed by atoms with van der Waals surface area (Å²) >= 11 is 6.16. The Kier molecular flexibility index (Phi) is 5.80. The quantitative estimate of drug-likeness (QED) is 0.284. The lowest BCUT2D eigenvalue weighted by Gasteiger charge is -2.20. The molecule has 6 nitrogen and oxygen atoms in total. The van der Waals surface area contributed by atoms with Crippen LogP contribution in [-0.4, -0.2) is 31.8 Å². The summed E-state index contributed by atoms with van der Waals surface area (Å²) in [7, 11) is 0. The number of hydrogen-bond acceptors (Lipinski definition) is 5. The van der Waals surface area contributed by atoms with Gasteiger partial charge >= 0.3 is 12.4 Å². The highest BCUT2D eigenvalue weighted by Crippen LogP contribution is 2.40. The summed E-state index contributed by atoms with van der Waals surface area (Å²) in [6.45, 7) is 4.34. The Morgan fingerprint density at radius 2 is 1.88 bits per heavy atom. The van der Waals surface area contributed by atoms with Gasteiger partial charge in [-0.3, -0.25) is 4.40 Å². The second-order valence-corrected chi connectivity index (χ2v) is 7.43. The first-order valence-corrected chi connectivity index (χ1v) is 9.85. The Balaban J connectivity index is 1.75. The number of nitrogens with zero attached hydrogens (tertiary/aromatic N) is 4. The van der Waals surface area contributed by atoms with Crippen LogP contribution in [0.15, 0.2) is 47.6 Å². The Bertz CT molecular complexity index is 1380. The van der Waals surface area contributed by atoms with Gasteiger partial charge in [0.15, 0.2) is 6.10 Å². The van der Waals surface area contributed by atoms with E-state index in [1.807, 2.05) is 0 Å². The molecule has 4 aromatic rings. The molecule has 0 saturated carbocycles. The Morgan fingerprint density at radius 1 is 1.15 bits per heavy atom. The van der Waals surface area contributed by atoms with Crippen molar-refractivity contribution in [2.24, 2.45) is 0 Å². The molecule has 0 radical (unpaired) electrons. The smallest absolute Gasteiger partial charge is 0.425 e. The van der Waals surface area contributed by atoms with E-state index in [0.717, 1.165) is 12.1 Å². The number of alkyl halides is 6. The molecule has 13 heteroatoms. The number of rotatable bonds is 5. The van der Waals surface area contributed by atoms with Gasteiger partial charge in [-0.1, -0.05) is 23.3 Å². The first-order valence-electron chi connectivity index (χ1n) is 9.47. The van der Waals surface area contributed by atoms with Gasteiger partial charge in [0, 0.05) is 11.1 Å². The lowest BCUT2D eigenvalue weighted by atomic mass is 10.1. The lowest BCUT2D eigenvalue weighted by molar-refractivity contribution is -0.191. The van der Waals surface area contributed by atoms with Crippen molar-refractivity contribution in [1.29, 1.82) is 0 Å². The van der Waals surface area contributed by atoms with Crippen LogP contribution in [0.25, 0.3) is 34.6 Å². The van der Waals surface area contributed by atoms with Crippen molar-refractivity contribution in [1.82, 2.24) is 19.5 Å². The maximum Gasteiger partial charge on any atom is 0.425 e. The molecule has 0 aliphatic carbocycles. The van der Waals surface area contributed by atoms with Crippen molar-refractivity contribution < 1.29 is 35.6 Å². The van der Waals surface area contributed by atoms with E-state index in [-0.39, 0.29) is 22.4 Å². The van der Waals surface area contributed by atoms with Crippen molar-refractivity contribution in [3.05, 3.63) is 59.5 Å². The monoisotopic (exact) mass is 502 g/mol. The predicted molar refractivity (Wildman–Crippen MR) is 110 cm³/mol. The zero-order valence-electron chi connectivity index (χ0n) is 17.1. The van der Waals surface area contributed by atoms with E-state index in [0.29, 0.717) is 29.9 Å². The highest BCUT2D eigenvalue weighted by molar-refractivity contribution is 6.29. The Morgan fingerprint density at radius 3 is 2.53 bits per heavy atom. The average molecular weight is 503 g/mol. The van der Waals surface area contributed by atoms with Crippen molar-refractivity contribution in [3.8, 4) is 28.6 Å². The molecule has 0 N–H and O–H groups in total. The van der Waals surface area contributed by atoms with Gasteiger partial charge in [-0.2, -0.15) is 31.3 Å². The van der Waals surface area contributed by atoms with Gasteiger partial charge in [0.25, 0.3) is 5.89 Å². The summed E-state index contributed by atoms with van der Waals surface area (Å²) < 4.78 is 90.2. The normalized spacial score (nSPS) is 13.3. The minimum absolute atomic E-state index is 0.0242. The molecular weight excluding hydrogens is 490 g/mol. The lowest BCUT2D eigenvalue weighted by Crippen LogP contribution is -2.31. The van der Waals surface area contributed by atoms with E-state index in [9.17, 15) is 26.3 Å². The molecule has 0 aliphatic rings. The summed E-state index contributed by atoms with van der Waals surface area (Å²) in [6, 6.07) is 5.69. The molecular formula is C21H13ClF6N4O2. The van der Waals surface area contributed by atoms with Crippen LogP contribution in [-0.2, 0) is 6.18 Å². The average Bonchev–Trinajstić information content (AvgIpc) is 3.39. The topological polar surface area (TPSA) is 65.5 Å². The molecule has 3 aromatic heterocycles. The third-order valence-electron chi connectivity index (χ3n) is 4.82. The molecule has 0 bridgehead atoms. The SMILES string of the molecule is C=Cc1c(-c2noc(-c3ccc(OC(C)C(F)(F)F)c(C(F)(F)F)c3)n2)ccc2ncc(Cl)n12. The first kappa shape index (κ1) is 23.6. The first-order chi connectivity index (χ1) is 15.9. The second-order valence-electron chi connectivity index (χ2n) is 7.04. The van der Waals surface area contributed by atoms with Crippen LogP contribution in [0.4, 0.5) is 26.3 Å². The van der Waals surface area contributed by atoms with Gasteiger partial charge in [0.2, 0.25) is 5.82 Å². The van der Waals surface area contributed by atoms with Gasteiger partial charge in [-0.05, 0) is 43.3 Å². The molecule has 0 fully saturated rings. The molecule has 0 saturated heterocycles. The van der Waals surface area contributed by atoms with Crippen LogP contribution in [0, 0.1) is 0 Å². The minimum atomic E-state index is -5.00. The molecule has 1 unspecified atom stereocenters. The van der Waals surface area contributed by atoms with Crippen LogP contribution in [0.1, 0.15) is 18.2 Å². The summed E-state index contributed by atoms with van der Waals surface area (Å²) in [5, 5.41) is 4.10. The van der Waals surface area contributed by atoms with Crippen molar-refractivity contribution >= 4 is 23.3 Å². The number of benzene rings is 1. The maximum atomic E-state index is 13.6. The molecule has 4 rings (SSSR count). The number of ether oxygens (including phenoxy) is 1. The van der Waals surface area contributed by atoms with E-state index in [1.54, 1.807) is 16.5 Å². The van der Waals surface area contributed by atoms with Gasteiger partial charge < -0.3 is 9.26 Å². The number of hydrogen-bond donors (Lipinski definition) is 0. The predicted octanol–water partition coefficient (Wildman–Crippen LogP) is 6.70. The molecule has 3 heterocycles. The fourth-order valence-corrected chi connectivity index (χ4v) is 3.38. The summed E-state index contributed by atoms with van der Waals surface area (Å²) in [4.78, 5) is 8.26. The van der Waals surface area contributed by atoms with Crippen LogP contribution >= 0.6 is 11.6 Å². The van der Waals surface area contributed by atoms with E-state index in [4.69, 9.17) is 16.1 Å². The molecule has 0 amide bonds. The summed E-state index contributed by atoms with van der Waals surface area (Å²) in [5.74, 6) is -1.24. The van der Waals surface area contributed by atoms with Crippen molar-refractivity contribution in [2.45, 2.75) is 25.4 Å². The third kappa shape index (κ3) is 4.32. The molecule has 1 atom stereocenters. The Hall–Kier alpha value is -3.54. The van der Waals surface area contributed by atoms with Crippen LogP contribution in [0.5, 0.6) is 5.75 Å². The van der Waals surface area contributed by atoms with E-state index < -0.39 is 29.8 Å². The van der Waals surface area contributed by atoms with Crippen LogP contribution < -0.4 is 4.74 Å². The van der Waals surface area contributed by atoms with Crippen LogP contribution in [0.3, 0.4) is 0 Å². The maximum absolute atomic E-state index is 13.6. The second kappa shape index (κ2) is 8.35. The molecule has 178 valence electrons.